The molecule has 3 N–H and O–H groups in total. The average molecular weight is 394 g/mol. The molecule has 0 saturated heterocycles. The predicted octanol–water partition coefficient (Wildman–Crippen LogP) is 4.86. The number of nitrogens with one attached hydrogen (secondary N) is 3. The molecule has 1 unspecified atom stereocenters. The molecule has 0 saturated carbocycles. The van der Waals surface area contributed by atoms with Gasteiger partial charge < -0.3 is 16.0 Å². The number of benzene rings is 2. The molecular weight excluding hydrogens is 366 g/mol. The maximum absolute atomic E-state index is 13.2. The van der Waals surface area contributed by atoms with Crippen LogP contribution in [-0.4, -0.2) is 11.0 Å². The number of carbonyl (C=O) groups excluding carboxylic acids is 1. The van der Waals surface area contributed by atoms with Gasteiger partial charge in [-0.3, -0.25) is 4.79 Å². The Bertz CT molecular complexity index is 925. The maximum atomic E-state index is 13.2. The van der Waals surface area contributed by atoms with E-state index < -0.39 is 0 Å². The smallest absolute Gasteiger partial charge is 0.255 e. The molecule has 0 bridgehead atoms. The number of hydrogen-bond donors (Lipinski definition) is 3. The molecule has 1 heterocycles. The zero-order chi connectivity index (χ0) is 20.4. The van der Waals surface area contributed by atoms with Crippen LogP contribution in [0.15, 0.2) is 53.7 Å². The second-order valence-corrected chi connectivity index (χ2v) is 8.13. The number of anilines is 1. The highest BCUT2D eigenvalue weighted by Gasteiger charge is 2.30. The third-order valence-corrected chi connectivity index (χ3v) is 5.15. The summed E-state index contributed by atoms with van der Waals surface area (Å²) in [6, 6.07) is 14.1. The second kappa shape index (κ2) is 8.15. The first-order chi connectivity index (χ1) is 13.2. The van der Waals surface area contributed by atoms with E-state index in [1.165, 1.54) is 5.56 Å². The highest BCUT2D eigenvalue weighted by Crippen LogP contribution is 2.29. The lowest BCUT2D eigenvalue weighted by Crippen LogP contribution is -2.45. The number of amides is 1. The Kier molecular flexibility index (Phi) is 5.84. The van der Waals surface area contributed by atoms with Crippen molar-refractivity contribution in [3.8, 4) is 0 Å². The fraction of sp³-hybridized carbons (Fsp3) is 0.304. The lowest BCUT2D eigenvalue weighted by molar-refractivity contribution is -0.113. The highest BCUT2D eigenvalue weighted by molar-refractivity contribution is 7.80. The number of allylic oxidation sites excluding steroid dienone is 1. The molecule has 2 aromatic rings. The first-order valence-electron chi connectivity index (χ1n) is 9.52. The molecule has 0 aliphatic carbocycles. The largest absolute Gasteiger partial charge is 0.351 e. The average Bonchev–Trinajstić information content (AvgIpc) is 2.60. The van der Waals surface area contributed by atoms with E-state index in [-0.39, 0.29) is 11.9 Å². The van der Waals surface area contributed by atoms with Crippen LogP contribution in [0, 0.1) is 13.8 Å². The lowest BCUT2D eigenvalue weighted by Gasteiger charge is -2.30. The van der Waals surface area contributed by atoms with Crippen LogP contribution in [0.4, 0.5) is 5.69 Å². The van der Waals surface area contributed by atoms with Crippen molar-refractivity contribution in [3.63, 3.8) is 0 Å². The SMILES string of the molecule is CC1=C(C(=O)Nc2cc(C)cc(C)c2)C(c2ccc(C(C)C)cc2)NC(=S)N1. The Morgan fingerprint density at radius 2 is 1.64 bits per heavy atom. The molecule has 4 nitrogen and oxygen atoms in total. The predicted molar refractivity (Wildman–Crippen MR) is 119 cm³/mol. The van der Waals surface area contributed by atoms with E-state index in [2.05, 4.69) is 60.1 Å². The van der Waals surface area contributed by atoms with E-state index in [1.807, 2.05) is 32.9 Å². The Hall–Kier alpha value is -2.66. The molecule has 28 heavy (non-hydrogen) atoms. The summed E-state index contributed by atoms with van der Waals surface area (Å²) in [4.78, 5) is 13.2. The van der Waals surface area contributed by atoms with Crippen LogP contribution in [0.5, 0.6) is 0 Å². The van der Waals surface area contributed by atoms with Crippen molar-refractivity contribution in [1.82, 2.24) is 10.6 Å². The molecule has 0 spiro atoms. The minimum Gasteiger partial charge on any atom is -0.351 e. The van der Waals surface area contributed by atoms with Crippen molar-refractivity contribution in [1.29, 1.82) is 0 Å². The third kappa shape index (κ3) is 4.42. The van der Waals surface area contributed by atoms with E-state index >= 15 is 0 Å². The highest BCUT2D eigenvalue weighted by atomic mass is 32.1. The molecule has 1 amide bonds. The summed E-state index contributed by atoms with van der Waals surface area (Å²) in [5.74, 6) is 0.323. The zero-order valence-electron chi connectivity index (χ0n) is 17.0. The van der Waals surface area contributed by atoms with Crippen LogP contribution >= 0.6 is 12.2 Å². The van der Waals surface area contributed by atoms with Gasteiger partial charge in [0.05, 0.1) is 11.6 Å². The van der Waals surface area contributed by atoms with Gasteiger partial charge in [0.15, 0.2) is 5.11 Å². The first kappa shape index (κ1) is 20.1. The summed E-state index contributed by atoms with van der Waals surface area (Å²) in [7, 11) is 0. The summed E-state index contributed by atoms with van der Waals surface area (Å²) in [6.45, 7) is 10.3. The molecule has 0 radical (unpaired) electrons. The molecule has 146 valence electrons. The number of carbonyl (C=O) groups is 1. The van der Waals surface area contributed by atoms with Gasteiger partial charge in [0.2, 0.25) is 0 Å². The van der Waals surface area contributed by atoms with Crippen molar-refractivity contribution in [2.45, 2.75) is 46.6 Å². The summed E-state index contributed by atoms with van der Waals surface area (Å²) in [6.07, 6.45) is 0. The standard InChI is InChI=1S/C23H27N3OS/c1-13(2)17-6-8-18(9-7-17)21-20(16(5)24-23(28)26-21)22(27)25-19-11-14(3)10-15(4)12-19/h6-13,21H,1-5H3,(H,25,27)(H2,24,26,28). The van der Waals surface area contributed by atoms with Crippen LogP contribution in [0.1, 0.15) is 55.0 Å². The van der Waals surface area contributed by atoms with E-state index in [0.29, 0.717) is 16.6 Å². The van der Waals surface area contributed by atoms with E-state index in [4.69, 9.17) is 12.2 Å². The molecule has 0 aromatic heterocycles. The van der Waals surface area contributed by atoms with Gasteiger partial charge in [-0.1, -0.05) is 44.2 Å². The van der Waals surface area contributed by atoms with Crippen LogP contribution in [0.2, 0.25) is 0 Å². The van der Waals surface area contributed by atoms with Crippen molar-refractivity contribution in [2.24, 2.45) is 0 Å². The minimum atomic E-state index is -0.291. The minimum absolute atomic E-state index is 0.136. The molecule has 5 heteroatoms. The van der Waals surface area contributed by atoms with Crippen LogP contribution in [-0.2, 0) is 4.79 Å². The van der Waals surface area contributed by atoms with Crippen molar-refractivity contribution < 1.29 is 4.79 Å². The third-order valence-electron chi connectivity index (χ3n) is 4.93. The Balaban J connectivity index is 1.93. The summed E-state index contributed by atoms with van der Waals surface area (Å²) in [5.41, 5.74) is 6.71. The molecular formula is C23H27N3OS. The molecule has 1 atom stereocenters. The fourth-order valence-electron chi connectivity index (χ4n) is 3.56. The van der Waals surface area contributed by atoms with Crippen molar-refractivity contribution >= 4 is 28.9 Å². The number of aryl methyl sites for hydroxylation is 2. The van der Waals surface area contributed by atoms with Crippen molar-refractivity contribution in [3.05, 3.63) is 76.0 Å². The monoisotopic (exact) mass is 393 g/mol. The van der Waals surface area contributed by atoms with Crippen molar-refractivity contribution in [2.75, 3.05) is 5.32 Å². The van der Waals surface area contributed by atoms with E-state index in [9.17, 15) is 4.79 Å². The second-order valence-electron chi connectivity index (χ2n) is 7.72. The zero-order valence-corrected chi connectivity index (χ0v) is 17.8. The van der Waals surface area contributed by atoms with Gasteiger partial charge in [-0.15, -0.1) is 0 Å². The molecule has 1 aliphatic rings. The topological polar surface area (TPSA) is 53.2 Å². The summed E-state index contributed by atoms with van der Waals surface area (Å²) < 4.78 is 0. The molecule has 3 rings (SSSR count). The maximum Gasteiger partial charge on any atom is 0.255 e. The van der Waals surface area contributed by atoms with Gasteiger partial charge in [0.1, 0.15) is 0 Å². The van der Waals surface area contributed by atoms with E-state index in [1.54, 1.807) is 0 Å². The number of rotatable bonds is 4. The van der Waals surface area contributed by atoms with E-state index in [0.717, 1.165) is 28.1 Å². The van der Waals surface area contributed by atoms with Crippen LogP contribution < -0.4 is 16.0 Å². The quantitative estimate of drug-likeness (QED) is 0.650. The van der Waals surface area contributed by atoms with Gasteiger partial charge >= 0.3 is 0 Å². The van der Waals surface area contributed by atoms with Gasteiger partial charge in [-0.25, -0.2) is 0 Å². The molecule has 0 fully saturated rings. The fourth-order valence-corrected chi connectivity index (χ4v) is 3.83. The Morgan fingerprint density at radius 3 is 2.21 bits per heavy atom. The summed E-state index contributed by atoms with van der Waals surface area (Å²) >= 11 is 5.34. The number of hydrogen-bond acceptors (Lipinski definition) is 2. The van der Waals surface area contributed by atoms with Gasteiger partial charge in [0.25, 0.3) is 5.91 Å². The van der Waals surface area contributed by atoms with Gasteiger partial charge in [-0.2, -0.15) is 0 Å². The number of thiocarbonyl (C=S) groups is 1. The Morgan fingerprint density at radius 1 is 1.04 bits per heavy atom. The molecule has 1 aliphatic heterocycles. The van der Waals surface area contributed by atoms with Crippen LogP contribution in [0.3, 0.4) is 0 Å². The van der Waals surface area contributed by atoms with Crippen LogP contribution in [0.25, 0.3) is 0 Å². The first-order valence-corrected chi connectivity index (χ1v) is 9.93. The lowest BCUT2D eigenvalue weighted by atomic mass is 9.92. The summed E-state index contributed by atoms with van der Waals surface area (Å²) in [5, 5.41) is 9.91. The van der Waals surface area contributed by atoms with Gasteiger partial charge in [0, 0.05) is 11.4 Å². The van der Waals surface area contributed by atoms with Gasteiger partial charge in [-0.05, 0) is 73.3 Å². The molecule has 2 aromatic carbocycles. The normalized spacial score (nSPS) is 16.6. The Labute approximate surface area is 172 Å².